The first kappa shape index (κ1) is 14.0. The first-order valence-electron chi connectivity index (χ1n) is 4.92. The topological polar surface area (TPSA) is 88.6 Å². The molecule has 0 saturated carbocycles. The van der Waals surface area contributed by atoms with E-state index >= 15 is 0 Å². The zero-order valence-electron chi connectivity index (χ0n) is 9.78. The fraction of sp³-hybridized carbons (Fsp3) is 0.182. The van der Waals surface area contributed by atoms with Crippen molar-refractivity contribution in [2.45, 2.75) is 18.7 Å². The third-order valence-electron chi connectivity index (χ3n) is 2.13. The summed E-state index contributed by atoms with van der Waals surface area (Å²) in [4.78, 5) is 32.6. The van der Waals surface area contributed by atoms with Gasteiger partial charge in [-0.15, -0.1) is 0 Å². The molecule has 0 aliphatic heterocycles. The number of aldehydes is 1. The fourth-order valence-electron chi connectivity index (χ4n) is 1.38. The Morgan fingerprint density at radius 1 is 1.06 bits per heavy atom. The minimum Gasteiger partial charge on any atom is -0.298 e. The maximum absolute atomic E-state index is 12.0. The van der Waals surface area contributed by atoms with Crippen LogP contribution in [-0.2, 0) is 19.6 Å². The Balaban J connectivity index is 3.30. The van der Waals surface area contributed by atoms with Crippen molar-refractivity contribution >= 4 is 28.1 Å². The van der Waals surface area contributed by atoms with Crippen LogP contribution < -0.4 is 0 Å². The largest absolute Gasteiger partial charge is 0.298 e. The van der Waals surface area contributed by atoms with E-state index < -0.39 is 21.8 Å². The average Bonchev–Trinajstić information content (AvgIpc) is 2.27. The van der Waals surface area contributed by atoms with E-state index in [1.807, 2.05) is 0 Å². The molecule has 0 radical (unpaired) electrons. The van der Waals surface area contributed by atoms with Crippen molar-refractivity contribution in [3.63, 3.8) is 0 Å². The predicted molar refractivity (Wildman–Crippen MR) is 62.2 cm³/mol. The third kappa shape index (κ3) is 2.62. The lowest BCUT2D eigenvalue weighted by molar-refractivity contribution is -0.135. The van der Waals surface area contributed by atoms with E-state index in [2.05, 4.69) is 0 Å². The number of carbonyl (C=O) groups is 3. The molecule has 0 fully saturated rings. The number of amides is 2. The van der Waals surface area contributed by atoms with Crippen LogP contribution in [0.5, 0.6) is 0 Å². The van der Waals surface area contributed by atoms with Crippen molar-refractivity contribution in [3.05, 3.63) is 29.8 Å². The molecule has 0 aliphatic rings. The lowest BCUT2D eigenvalue weighted by atomic mass is 10.2. The van der Waals surface area contributed by atoms with E-state index in [1.165, 1.54) is 12.1 Å². The Morgan fingerprint density at radius 2 is 1.50 bits per heavy atom. The number of hydrogen-bond acceptors (Lipinski definition) is 5. The molecule has 0 aromatic heterocycles. The molecule has 0 N–H and O–H groups in total. The molecule has 6 nitrogen and oxygen atoms in total. The molecular weight excluding hydrogens is 258 g/mol. The summed E-state index contributed by atoms with van der Waals surface area (Å²) >= 11 is 0. The molecule has 1 rings (SSSR count). The molecule has 96 valence electrons. The van der Waals surface area contributed by atoms with Crippen LogP contribution in [0.1, 0.15) is 24.2 Å². The number of imide groups is 1. The second-order valence-electron chi connectivity index (χ2n) is 3.49. The fourth-order valence-corrected chi connectivity index (χ4v) is 2.75. The summed E-state index contributed by atoms with van der Waals surface area (Å²) in [6.07, 6.45) is 0.560. The summed E-state index contributed by atoms with van der Waals surface area (Å²) in [6.45, 7) is 1.97. The first-order valence-corrected chi connectivity index (χ1v) is 6.36. The van der Waals surface area contributed by atoms with Gasteiger partial charge in [0.2, 0.25) is 11.8 Å². The van der Waals surface area contributed by atoms with Crippen molar-refractivity contribution in [2.24, 2.45) is 0 Å². The molecular formula is C11H11NO5S. The lowest BCUT2D eigenvalue weighted by Crippen LogP contribution is -2.38. The quantitative estimate of drug-likeness (QED) is 0.749. The molecule has 0 atom stereocenters. The van der Waals surface area contributed by atoms with Crippen LogP contribution in [0.2, 0.25) is 0 Å². The van der Waals surface area contributed by atoms with Gasteiger partial charge in [0, 0.05) is 19.4 Å². The molecule has 0 unspecified atom stereocenters. The molecule has 7 heteroatoms. The van der Waals surface area contributed by atoms with Crippen molar-refractivity contribution in [2.75, 3.05) is 0 Å². The Labute approximate surface area is 104 Å². The molecule has 1 aromatic rings. The highest BCUT2D eigenvalue weighted by atomic mass is 32.2. The molecule has 0 aliphatic carbocycles. The highest BCUT2D eigenvalue weighted by molar-refractivity contribution is 7.90. The van der Waals surface area contributed by atoms with Gasteiger partial charge in [0.25, 0.3) is 10.0 Å². The highest BCUT2D eigenvalue weighted by Crippen LogP contribution is 2.16. The van der Waals surface area contributed by atoms with Gasteiger partial charge in [-0.1, -0.05) is 12.1 Å². The SMILES string of the molecule is CC(=O)N(C(C)=O)S(=O)(=O)c1ccc(C=O)cc1. The zero-order chi connectivity index (χ0) is 13.9. The Bertz CT molecular complexity index is 574. The average molecular weight is 269 g/mol. The number of rotatable bonds is 3. The standard InChI is InChI=1S/C11H11NO5S/c1-8(14)12(9(2)15)18(16,17)11-5-3-10(7-13)4-6-11/h3-7H,1-2H3. The van der Waals surface area contributed by atoms with E-state index in [-0.39, 0.29) is 9.20 Å². The number of carbonyl (C=O) groups excluding carboxylic acids is 3. The van der Waals surface area contributed by atoms with Crippen LogP contribution >= 0.6 is 0 Å². The van der Waals surface area contributed by atoms with Crippen LogP contribution in [-0.4, -0.2) is 30.8 Å². The summed E-state index contributed by atoms with van der Waals surface area (Å²) < 4.78 is 24.2. The molecule has 0 bridgehead atoms. The molecule has 18 heavy (non-hydrogen) atoms. The molecule has 0 spiro atoms. The first-order chi connectivity index (χ1) is 8.30. The maximum atomic E-state index is 12.0. The van der Waals surface area contributed by atoms with Gasteiger partial charge in [-0.05, 0) is 12.1 Å². The van der Waals surface area contributed by atoms with E-state index in [1.54, 1.807) is 0 Å². The van der Waals surface area contributed by atoms with E-state index in [0.29, 0.717) is 11.8 Å². The summed E-state index contributed by atoms with van der Waals surface area (Å²) in [5, 5.41) is 0. The van der Waals surface area contributed by atoms with Gasteiger partial charge in [0.05, 0.1) is 4.90 Å². The van der Waals surface area contributed by atoms with Gasteiger partial charge in [0.1, 0.15) is 6.29 Å². The number of sulfonamides is 1. The summed E-state index contributed by atoms with van der Waals surface area (Å²) in [7, 11) is -4.21. The van der Waals surface area contributed by atoms with E-state index in [0.717, 1.165) is 26.0 Å². The predicted octanol–water partition coefficient (Wildman–Crippen LogP) is 0.583. The summed E-state index contributed by atoms with van der Waals surface area (Å²) in [5.41, 5.74) is 0.297. The van der Waals surface area contributed by atoms with Crippen LogP contribution in [0.25, 0.3) is 0 Å². The van der Waals surface area contributed by atoms with E-state index in [4.69, 9.17) is 0 Å². The van der Waals surface area contributed by atoms with Crippen LogP contribution in [0, 0.1) is 0 Å². The minimum absolute atomic E-state index is 0.183. The van der Waals surface area contributed by atoms with Gasteiger partial charge < -0.3 is 0 Å². The van der Waals surface area contributed by atoms with Crippen molar-refractivity contribution in [1.29, 1.82) is 0 Å². The van der Waals surface area contributed by atoms with E-state index in [9.17, 15) is 22.8 Å². The van der Waals surface area contributed by atoms with Gasteiger partial charge in [-0.2, -0.15) is 4.31 Å². The number of hydrogen-bond donors (Lipinski definition) is 0. The monoisotopic (exact) mass is 269 g/mol. The Morgan fingerprint density at radius 3 is 1.83 bits per heavy atom. The van der Waals surface area contributed by atoms with Crippen LogP contribution in [0.15, 0.2) is 29.2 Å². The summed E-state index contributed by atoms with van der Waals surface area (Å²) in [5.74, 6) is -1.77. The minimum atomic E-state index is -4.21. The maximum Gasteiger partial charge on any atom is 0.273 e. The number of benzene rings is 1. The number of nitrogens with zero attached hydrogens (tertiary/aromatic N) is 1. The second-order valence-corrected chi connectivity index (χ2v) is 5.28. The van der Waals surface area contributed by atoms with Gasteiger partial charge >= 0.3 is 0 Å². The Hall–Kier alpha value is -2.02. The van der Waals surface area contributed by atoms with Crippen molar-refractivity contribution < 1.29 is 22.8 Å². The third-order valence-corrected chi connectivity index (χ3v) is 3.99. The Kier molecular flexibility index (Phi) is 3.97. The van der Waals surface area contributed by atoms with Crippen molar-refractivity contribution in [1.82, 2.24) is 4.31 Å². The van der Waals surface area contributed by atoms with Crippen molar-refractivity contribution in [3.8, 4) is 0 Å². The molecule has 1 aromatic carbocycles. The molecule has 2 amide bonds. The summed E-state index contributed by atoms with van der Waals surface area (Å²) in [6, 6.07) is 4.91. The highest BCUT2D eigenvalue weighted by Gasteiger charge is 2.30. The van der Waals surface area contributed by atoms with Gasteiger partial charge in [0.15, 0.2) is 0 Å². The van der Waals surface area contributed by atoms with Gasteiger partial charge in [-0.25, -0.2) is 8.42 Å². The zero-order valence-corrected chi connectivity index (χ0v) is 10.6. The molecule has 0 heterocycles. The normalized spacial score (nSPS) is 10.8. The van der Waals surface area contributed by atoms with Gasteiger partial charge in [-0.3, -0.25) is 14.4 Å². The second kappa shape index (κ2) is 5.09. The lowest BCUT2D eigenvalue weighted by Gasteiger charge is -2.17. The smallest absolute Gasteiger partial charge is 0.273 e. The van der Waals surface area contributed by atoms with Crippen LogP contribution in [0.4, 0.5) is 0 Å². The van der Waals surface area contributed by atoms with Crippen LogP contribution in [0.3, 0.4) is 0 Å². The molecule has 0 saturated heterocycles.